The third-order valence-corrected chi connectivity index (χ3v) is 32.0. The Balaban J connectivity index is 0.000000236. The Morgan fingerprint density at radius 1 is 0.716 bits per heavy atom. The van der Waals surface area contributed by atoms with Crippen LogP contribution in [-0.2, 0) is 30.9 Å². The third kappa shape index (κ3) is 10.9. The van der Waals surface area contributed by atoms with Gasteiger partial charge in [-0.15, -0.1) is 0 Å². The van der Waals surface area contributed by atoms with Gasteiger partial charge in [-0.2, -0.15) is 20.7 Å². The van der Waals surface area contributed by atoms with Crippen molar-refractivity contribution >= 4 is 64.3 Å². The molecule has 6 aromatic heterocycles. The largest absolute Gasteiger partial charge is 0.400 e. The van der Waals surface area contributed by atoms with E-state index in [2.05, 4.69) is 115 Å². The number of nitrogens with one attached hydrogen (secondary N) is 1. The number of nitriles is 2. The van der Waals surface area contributed by atoms with Gasteiger partial charge < -0.3 is 10.1 Å². The van der Waals surface area contributed by atoms with Crippen molar-refractivity contribution in [2.45, 2.75) is 136 Å². The molecule has 0 amide bonds. The third-order valence-electron chi connectivity index (χ3n) is 15.1. The van der Waals surface area contributed by atoms with Crippen molar-refractivity contribution in [2.24, 2.45) is 13.5 Å². The highest BCUT2D eigenvalue weighted by molar-refractivity contribution is 7.92. The number of aromatic nitrogens is 10. The van der Waals surface area contributed by atoms with E-state index in [-0.39, 0.29) is 28.8 Å². The molecule has 2 atom stereocenters. The Hall–Kier alpha value is -5.48. The number of aromatic amines is 1. The maximum Gasteiger partial charge on any atom is 0.237 e. The number of hydrogen-bond donors (Lipinski definition) is 2. The maximum absolute atomic E-state index is 14.1. The predicted molar refractivity (Wildman–Crippen MR) is 298 cm³/mol. The quantitative estimate of drug-likeness (QED) is 0.109. The van der Waals surface area contributed by atoms with Gasteiger partial charge in [-0.1, -0.05) is 76.2 Å². The molecule has 2 saturated heterocycles. The molecule has 0 bridgehead atoms. The number of carbonyl (C=O) groups is 1. The van der Waals surface area contributed by atoms with Gasteiger partial charge in [0.25, 0.3) is 0 Å². The lowest BCUT2D eigenvalue weighted by atomic mass is 9.89. The molecule has 2 aliphatic heterocycles. The number of aliphatic hydroxyl groups excluding tert-OH is 1. The van der Waals surface area contributed by atoms with Crippen LogP contribution in [0.1, 0.15) is 93.8 Å². The number of aliphatic hydroxyl groups is 1. The Kier molecular flexibility index (Phi) is 16.3. The Morgan fingerprint density at radius 2 is 1.15 bits per heavy atom. The van der Waals surface area contributed by atoms with E-state index in [0.717, 1.165) is 40.4 Å². The number of rotatable bonds is 12. The lowest BCUT2D eigenvalue weighted by Gasteiger charge is -2.50. The summed E-state index contributed by atoms with van der Waals surface area (Å²) in [5.74, 6) is 0.859. The fraction of sp³-hybridized carbons (Fsp3) is 0.580. The highest BCUT2D eigenvalue weighted by atomic mass is 32.2. The van der Waals surface area contributed by atoms with Gasteiger partial charge in [0.1, 0.15) is 49.2 Å². The normalized spacial score (nSPS) is 17.7. The van der Waals surface area contributed by atoms with Gasteiger partial charge in [0.2, 0.25) is 5.91 Å². The van der Waals surface area contributed by atoms with Crippen molar-refractivity contribution in [3.63, 3.8) is 0 Å². The second kappa shape index (κ2) is 20.9. The van der Waals surface area contributed by atoms with Crippen LogP contribution in [0.25, 0.3) is 44.6 Å². The van der Waals surface area contributed by atoms with Gasteiger partial charge >= 0.3 is 0 Å². The lowest BCUT2D eigenvalue weighted by Crippen LogP contribution is -2.64. The summed E-state index contributed by atoms with van der Waals surface area (Å²) in [4.78, 5) is 33.6. The van der Waals surface area contributed by atoms with Gasteiger partial charge in [0.05, 0.1) is 48.8 Å². The Morgan fingerprint density at radius 3 is 1.55 bits per heavy atom. The van der Waals surface area contributed by atoms with Crippen LogP contribution in [0.15, 0.2) is 70.0 Å². The highest BCUT2D eigenvalue weighted by Crippen LogP contribution is 2.43. The zero-order valence-electron chi connectivity index (χ0n) is 46.1. The van der Waals surface area contributed by atoms with Crippen molar-refractivity contribution in [2.75, 3.05) is 44.8 Å². The fourth-order valence-corrected chi connectivity index (χ4v) is 20.8. The first kappa shape index (κ1) is 57.8. The summed E-state index contributed by atoms with van der Waals surface area (Å²) >= 11 is 0. The lowest BCUT2D eigenvalue weighted by molar-refractivity contribution is 0.0751. The summed E-state index contributed by atoms with van der Waals surface area (Å²) in [6, 6.07) is 8.41. The maximum atomic E-state index is 14.1. The molecule has 0 aliphatic carbocycles. The Bertz CT molecular complexity index is 3350. The van der Waals surface area contributed by atoms with Crippen molar-refractivity contribution < 1.29 is 18.3 Å². The van der Waals surface area contributed by atoms with Crippen LogP contribution >= 0.6 is 0 Å². The summed E-state index contributed by atoms with van der Waals surface area (Å²) in [5, 5.41) is 37.2. The number of fused-ring (bicyclic) bond motifs is 2. The summed E-state index contributed by atoms with van der Waals surface area (Å²) in [6.07, 6.45) is 14.4. The van der Waals surface area contributed by atoms with Gasteiger partial charge in [-0.3, -0.25) is 26.8 Å². The number of hydrogen-bond acceptors (Lipinski definition) is 14. The molecule has 0 aromatic carbocycles. The minimum atomic E-state index is -2.58. The van der Waals surface area contributed by atoms with Crippen LogP contribution in [0, 0.1) is 28.1 Å². The van der Waals surface area contributed by atoms with Crippen molar-refractivity contribution in [3.8, 4) is 34.7 Å². The molecule has 74 heavy (non-hydrogen) atoms. The van der Waals surface area contributed by atoms with Crippen molar-refractivity contribution in [1.29, 1.82) is 10.5 Å². The molecule has 8 rings (SSSR count). The predicted octanol–water partition coefficient (Wildman–Crippen LogP) is 9.08. The molecule has 0 saturated carbocycles. The topological polar surface area (TPSA) is 258 Å². The standard InChI is InChI=1S/C27H40N8O2SSi.C22H32N8OSSi.CH4O/c1-10-38(37,32-39(8,9)26(5,6)7)33-17-27(18-33,12-13-28)35-16-20(15-31-35)22-21-11-14-34(23(21)30-19-29-22)24(36)25(2,3)4;1-7-32(31,28-33(5,6)21(2,3)4)29-14-22(15-29,9-10-23)30-13-17(12-27-30)19-18-8-11-24-20(18)26-16-25-19;1-2/h11,14-16,19H,10,12,17-18H2,1-9H3;8,11-13,16H,7,9,14-15H2,1-6H3,(H,24,25,26);2H,1H3. The SMILES string of the molecule is CCS(=O)(=N[Si](C)(C)C(C)(C)C)N1CC(CC#N)(n2cc(-c3ncnc4[nH]ccc34)cn2)C1.CCS(=O)(=N[Si](C)(C)C(C)(C)C)N1CC(CC#N)(n2cc(-c3ncnc4c3ccn4C(=O)C(C)(C)C)cn2)C1.CO. The molecule has 2 unspecified atom stereocenters. The van der Waals surface area contributed by atoms with E-state index in [1.54, 1.807) is 23.2 Å². The van der Waals surface area contributed by atoms with E-state index in [4.69, 9.17) is 13.2 Å². The minimum absolute atomic E-state index is 0.0113. The van der Waals surface area contributed by atoms with Crippen LogP contribution in [0.4, 0.5) is 0 Å². The fourth-order valence-electron chi connectivity index (χ4n) is 8.41. The highest BCUT2D eigenvalue weighted by Gasteiger charge is 2.52. The molecular weight excluding hydrogens is 1010 g/mol. The van der Waals surface area contributed by atoms with E-state index in [9.17, 15) is 23.7 Å². The molecule has 2 aliphatic rings. The molecule has 6 aromatic rings. The smallest absolute Gasteiger partial charge is 0.237 e. The van der Waals surface area contributed by atoms with E-state index in [1.165, 1.54) is 12.7 Å². The molecule has 0 spiro atoms. The van der Waals surface area contributed by atoms with Gasteiger partial charge in [-0.25, -0.2) is 37.0 Å². The average molecular weight is 1090 g/mol. The molecule has 400 valence electrons. The summed E-state index contributed by atoms with van der Waals surface area (Å²) in [6.45, 7) is 33.0. The zero-order chi connectivity index (χ0) is 55.1. The average Bonchev–Trinajstić information content (AvgIpc) is 4.15. The van der Waals surface area contributed by atoms with Gasteiger partial charge in [-0.05, 0) is 48.4 Å². The first-order valence-electron chi connectivity index (χ1n) is 24.9. The zero-order valence-corrected chi connectivity index (χ0v) is 49.8. The van der Waals surface area contributed by atoms with E-state index in [1.807, 2.05) is 83.3 Å². The molecule has 8 heterocycles. The molecule has 20 nitrogen and oxygen atoms in total. The summed E-state index contributed by atoms with van der Waals surface area (Å²) < 4.78 is 47.2. The van der Waals surface area contributed by atoms with Gasteiger partial charge in [0, 0.05) is 96.9 Å². The Labute approximate surface area is 439 Å². The number of nitrogens with zero attached hydrogens (tertiary/aromatic N) is 15. The van der Waals surface area contributed by atoms with Crippen molar-refractivity contribution in [1.82, 2.24) is 57.7 Å². The summed E-state index contributed by atoms with van der Waals surface area (Å²) in [7, 11) is -8.37. The van der Waals surface area contributed by atoms with Crippen LogP contribution in [-0.4, -0.2) is 138 Å². The van der Waals surface area contributed by atoms with Crippen LogP contribution in [0.2, 0.25) is 36.3 Å². The van der Waals surface area contributed by atoms with Gasteiger partial charge in [0.15, 0.2) is 22.1 Å². The van der Waals surface area contributed by atoms with Crippen molar-refractivity contribution in [3.05, 3.63) is 62.0 Å². The minimum Gasteiger partial charge on any atom is -0.400 e. The first-order valence-corrected chi connectivity index (χ1v) is 34.1. The van der Waals surface area contributed by atoms with E-state index < -0.39 is 52.8 Å². The molecular formula is C50H76N16O4S2Si2. The second-order valence-electron chi connectivity index (χ2n) is 23.3. The second-order valence-corrected chi connectivity index (χ2v) is 38.6. The first-order chi connectivity index (χ1) is 34.4. The molecule has 24 heteroatoms. The number of carbonyl (C=O) groups excluding carboxylic acids is 1. The van der Waals surface area contributed by atoms with Crippen LogP contribution < -0.4 is 0 Å². The molecule has 2 N–H and O–H groups in total. The van der Waals surface area contributed by atoms with Crippen LogP contribution in [0.5, 0.6) is 0 Å². The molecule has 0 radical (unpaired) electrons. The van der Waals surface area contributed by atoms with E-state index >= 15 is 0 Å². The number of H-pyrrole nitrogens is 1. The molecule has 2 fully saturated rings. The van der Waals surface area contributed by atoms with Crippen LogP contribution in [0.3, 0.4) is 0 Å². The summed E-state index contributed by atoms with van der Waals surface area (Å²) in [5.41, 5.74) is 2.71. The monoisotopic (exact) mass is 1080 g/mol. The van der Waals surface area contributed by atoms with E-state index in [0.29, 0.717) is 49.0 Å².